The van der Waals surface area contributed by atoms with E-state index in [0.29, 0.717) is 10.9 Å². The first kappa shape index (κ1) is 19.0. The molecule has 0 fully saturated rings. The summed E-state index contributed by atoms with van der Waals surface area (Å²) in [4.78, 5) is 27.0. The third kappa shape index (κ3) is 4.71. The average Bonchev–Trinajstić information content (AvgIpc) is 3.19. The molecule has 0 aliphatic carbocycles. The van der Waals surface area contributed by atoms with Crippen molar-refractivity contribution in [1.82, 2.24) is 29.6 Å². The van der Waals surface area contributed by atoms with Crippen LogP contribution < -0.4 is 0 Å². The van der Waals surface area contributed by atoms with E-state index in [9.17, 15) is 4.79 Å². The second-order valence-electron chi connectivity index (χ2n) is 6.33. The zero-order chi connectivity index (χ0) is 19.4. The van der Waals surface area contributed by atoms with Gasteiger partial charge in [0.1, 0.15) is 12.7 Å². The molecule has 2 aromatic heterocycles. The number of hydrogen-bond acceptors (Lipinski definition) is 6. The molecule has 0 radical (unpaired) electrons. The fourth-order valence-corrected chi connectivity index (χ4v) is 3.55. The molecule has 3 aromatic rings. The third-order valence-electron chi connectivity index (χ3n) is 4.32. The molecule has 0 saturated carbocycles. The number of thioether (sulfide) groups is 1. The standard InChI is InChI=1S/C19H22N6OS/c1-13-9-14(2)23-19(22-13)27-10-18(26)24(4)15(3)16-5-7-17(8-6-16)25-12-20-11-21-25/h5-9,11-12,15H,10H2,1-4H3. The maximum Gasteiger partial charge on any atom is 0.233 e. The van der Waals surface area contributed by atoms with Gasteiger partial charge < -0.3 is 4.90 Å². The lowest BCUT2D eigenvalue weighted by Crippen LogP contribution is -2.31. The number of amides is 1. The van der Waals surface area contributed by atoms with Crippen molar-refractivity contribution < 1.29 is 4.79 Å². The van der Waals surface area contributed by atoms with Gasteiger partial charge in [-0.15, -0.1) is 0 Å². The number of aryl methyl sites for hydroxylation is 2. The normalized spacial score (nSPS) is 12.0. The second-order valence-corrected chi connectivity index (χ2v) is 7.28. The van der Waals surface area contributed by atoms with Crippen LogP contribution in [0.4, 0.5) is 0 Å². The summed E-state index contributed by atoms with van der Waals surface area (Å²) >= 11 is 1.37. The molecule has 8 heteroatoms. The number of benzene rings is 1. The summed E-state index contributed by atoms with van der Waals surface area (Å²) in [7, 11) is 1.82. The molecule has 7 nitrogen and oxygen atoms in total. The van der Waals surface area contributed by atoms with Gasteiger partial charge >= 0.3 is 0 Å². The Kier molecular flexibility index (Phi) is 5.85. The van der Waals surface area contributed by atoms with Gasteiger partial charge in [-0.3, -0.25) is 4.79 Å². The number of rotatable bonds is 6. The van der Waals surface area contributed by atoms with Crippen molar-refractivity contribution in [3.05, 3.63) is 59.9 Å². The van der Waals surface area contributed by atoms with Gasteiger partial charge in [0.15, 0.2) is 5.16 Å². The molecule has 0 bridgehead atoms. The maximum absolute atomic E-state index is 12.6. The van der Waals surface area contributed by atoms with Crippen LogP contribution in [0.25, 0.3) is 5.69 Å². The van der Waals surface area contributed by atoms with Crippen LogP contribution in [0.3, 0.4) is 0 Å². The fourth-order valence-electron chi connectivity index (χ4n) is 2.67. The molecule has 1 amide bonds. The largest absolute Gasteiger partial charge is 0.338 e. The number of carbonyl (C=O) groups excluding carboxylic acids is 1. The van der Waals surface area contributed by atoms with Gasteiger partial charge in [-0.1, -0.05) is 23.9 Å². The smallest absolute Gasteiger partial charge is 0.233 e. The number of nitrogens with zero attached hydrogens (tertiary/aromatic N) is 6. The van der Waals surface area contributed by atoms with Crippen LogP contribution in [-0.4, -0.2) is 48.3 Å². The minimum absolute atomic E-state index is 0.0376. The van der Waals surface area contributed by atoms with E-state index in [1.54, 1.807) is 15.9 Å². The Bertz CT molecular complexity index is 890. The van der Waals surface area contributed by atoms with Crippen LogP contribution in [0.1, 0.15) is 29.9 Å². The first-order valence-electron chi connectivity index (χ1n) is 8.60. The molecule has 27 heavy (non-hydrogen) atoms. The van der Waals surface area contributed by atoms with E-state index >= 15 is 0 Å². The van der Waals surface area contributed by atoms with Gasteiger partial charge in [-0.2, -0.15) is 5.10 Å². The molecule has 1 aromatic carbocycles. The molecule has 0 saturated heterocycles. The van der Waals surface area contributed by atoms with Crippen molar-refractivity contribution in [3.63, 3.8) is 0 Å². The quantitative estimate of drug-likeness (QED) is 0.482. The molecular weight excluding hydrogens is 360 g/mol. The third-order valence-corrected chi connectivity index (χ3v) is 5.15. The zero-order valence-electron chi connectivity index (χ0n) is 15.8. The van der Waals surface area contributed by atoms with E-state index < -0.39 is 0 Å². The van der Waals surface area contributed by atoms with Crippen molar-refractivity contribution in [2.24, 2.45) is 0 Å². The SMILES string of the molecule is Cc1cc(C)nc(SCC(=O)N(C)C(C)c2ccc(-n3cncn3)cc2)n1. The molecule has 0 aliphatic rings. The molecule has 1 unspecified atom stereocenters. The second kappa shape index (κ2) is 8.30. The average molecular weight is 382 g/mol. The highest BCUT2D eigenvalue weighted by Gasteiger charge is 2.18. The number of hydrogen-bond donors (Lipinski definition) is 0. The highest BCUT2D eigenvalue weighted by atomic mass is 32.2. The van der Waals surface area contributed by atoms with E-state index in [1.165, 1.54) is 18.1 Å². The van der Waals surface area contributed by atoms with Crippen LogP contribution in [-0.2, 0) is 4.79 Å². The van der Waals surface area contributed by atoms with Crippen molar-refractivity contribution in [2.75, 3.05) is 12.8 Å². The minimum atomic E-state index is -0.0388. The monoisotopic (exact) mass is 382 g/mol. The molecule has 2 heterocycles. The molecule has 0 aliphatic heterocycles. The molecular formula is C19H22N6OS. The van der Waals surface area contributed by atoms with E-state index in [2.05, 4.69) is 20.1 Å². The lowest BCUT2D eigenvalue weighted by Gasteiger charge is -2.25. The first-order chi connectivity index (χ1) is 12.9. The van der Waals surface area contributed by atoms with Gasteiger partial charge in [0, 0.05) is 18.4 Å². The van der Waals surface area contributed by atoms with Crippen LogP contribution >= 0.6 is 11.8 Å². The van der Waals surface area contributed by atoms with Gasteiger partial charge in [0.05, 0.1) is 17.5 Å². The summed E-state index contributed by atoms with van der Waals surface area (Å²) in [5.74, 6) is 0.344. The van der Waals surface area contributed by atoms with Gasteiger partial charge in [-0.05, 0) is 44.5 Å². The Labute approximate surface area is 162 Å². The van der Waals surface area contributed by atoms with Crippen molar-refractivity contribution in [2.45, 2.75) is 32.0 Å². The number of aromatic nitrogens is 5. The Balaban J connectivity index is 1.62. The summed E-state index contributed by atoms with van der Waals surface area (Å²) in [6, 6.07) is 9.83. The summed E-state index contributed by atoms with van der Waals surface area (Å²) in [5.41, 5.74) is 3.81. The van der Waals surface area contributed by atoms with Gasteiger partial charge in [0.25, 0.3) is 0 Å². The Morgan fingerprint density at radius 1 is 1.19 bits per heavy atom. The highest BCUT2D eigenvalue weighted by molar-refractivity contribution is 7.99. The lowest BCUT2D eigenvalue weighted by atomic mass is 10.1. The minimum Gasteiger partial charge on any atom is -0.338 e. The predicted molar refractivity (Wildman–Crippen MR) is 105 cm³/mol. The van der Waals surface area contributed by atoms with E-state index in [4.69, 9.17) is 0 Å². The Hall–Kier alpha value is -2.74. The van der Waals surface area contributed by atoms with E-state index in [-0.39, 0.29) is 11.9 Å². The van der Waals surface area contributed by atoms with E-state index in [1.807, 2.05) is 58.2 Å². The molecule has 1 atom stereocenters. The summed E-state index contributed by atoms with van der Waals surface area (Å²) < 4.78 is 1.70. The molecule has 3 rings (SSSR count). The topological polar surface area (TPSA) is 76.8 Å². The fraction of sp³-hybridized carbons (Fsp3) is 0.316. The van der Waals surface area contributed by atoms with Crippen molar-refractivity contribution in [3.8, 4) is 5.69 Å². The predicted octanol–water partition coefficient (Wildman–Crippen LogP) is 2.99. The van der Waals surface area contributed by atoms with Crippen LogP contribution in [0.15, 0.2) is 48.1 Å². The molecule has 140 valence electrons. The molecule has 0 N–H and O–H groups in total. The van der Waals surface area contributed by atoms with Crippen LogP contribution in [0.2, 0.25) is 0 Å². The summed E-state index contributed by atoms with van der Waals surface area (Å²) in [6.45, 7) is 5.87. The maximum atomic E-state index is 12.6. The van der Waals surface area contributed by atoms with Gasteiger partial charge in [-0.25, -0.2) is 19.6 Å². The summed E-state index contributed by atoms with van der Waals surface area (Å²) in [5, 5.41) is 4.75. The first-order valence-corrected chi connectivity index (χ1v) is 9.58. The van der Waals surface area contributed by atoms with Crippen LogP contribution in [0, 0.1) is 13.8 Å². The summed E-state index contributed by atoms with van der Waals surface area (Å²) in [6.07, 6.45) is 3.15. The lowest BCUT2D eigenvalue weighted by molar-refractivity contribution is -0.128. The van der Waals surface area contributed by atoms with Gasteiger partial charge in [0.2, 0.25) is 5.91 Å². The molecule has 0 spiro atoms. The van der Waals surface area contributed by atoms with Crippen molar-refractivity contribution >= 4 is 17.7 Å². The highest BCUT2D eigenvalue weighted by Crippen LogP contribution is 2.22. The Morgan fingerprint density at radius 3 is 2.44 bits per heavy atom. The Morgan fingerprint density at radius 2 is 1.85 bits per heavy atom. The van der Waals surface area contributed by atoms with Crippen molar-refractivity contribution in [1.29, 1.82) is 0 Å². The van der Waals surface area contributed by atoms with E-state index in [0.717, 1.165) is 22.6 Å². The zero-order valence-corrected chi connectivity index (χ0v) is 16.6. The van der Waals surface area contributed by atoms with Crippen LogP contribution in [0.5, 0.6) is 0 Å². The number of carbonyl (C=O) groups is 1.